The number of aromatic nitrogens is 2. The molecule has 0 radical (unpaired) electrons. The Bertz CT molecular complexity index is 287. The van der Waals surface area contributed by atoms with Crippen LogP contribution in [0.25, 0.3) is 0 Å². The highest BCUT2D eigenvalue weighted by molar-refractivity contribution is 4.91. The second-order valence-electron chi connectivity index (χ2n) is 3.24. The van der Waals surface area contributed by atoms with Crippen molar-refractivity contribution in [3.8, 4) is 0 Å². The molecule has 1 fully saturated rings. The maximum absolute atomic E-state index is 5.59. The van der Waals surface area contributed by atoms with E-state index in [9.17, 15) is 0 Å². The zero-order valence-corrected chi connectivity index (χ0v) is 7.56. The lowest BCUT2D eigenvalue weighted by Crippen LogP contribution is -2.18. The normalized spacial score (nSPS) is 28.2. The summed E-state index contributed by atoms with van der Waals surface area (Å²) in [4.78, 5) is 4.12. The molecule has 1 saturated heterocycles. The van der Waals surface area contributed by atoms with Crippen molar-refractivity contribution in [2.24, 2.45) is 5.73 Å². The van der Waals surface area contributed by atoms with Crippen molar-refractivity contribution in [1.82, 2.24) is 10.1 Å². The fourth-order valence-electron chi connectivity index (χ4n) is 1.50. The summed E-state index contributed by atoms with van der Waals surface area (Å²) in [6.07, 6.45) is 2.00. The van der Waals surface area contributed by atoms with Gasteiger partial charge in [-0.25, -0.2) is 0 Å². The van der Waals surface area contributed by atoms with Crippen molar-refractivity contribution >= 4 is 0 Å². The van der Waals surface area contributed by atoms with Gasteiger partial charge in [0, 0.05) is 6.54 Å². The Labute approximate surface area is 76.3 Å². The van der Waals surface area contributed by atoms with E-state index in [2.05, 4.69) is 10.1 Å². The van der Waals surface area contributed by atoms with Crippen LogP contribution in [-0.4, -0.2) is 22.8 Å². The van der Waals surface area contributed by atoms with Crippen LogP contribution in [0.4, 0.5) is 0 Å². The summed E-state index contributed by atoms with van der Waals surface area (Å²) in [7, 11) is 0. The Hall–Kier alpha value is -0.940. The van der Waals surface area contributed by atoms with Gasteiger partial charge in [0.15, 0.2) is 5.82 Å². The largest absolute Gasteiger partial charge is 0.364 e. The number of ether oxygens (including phenoxy) is 1. The van der Waals surface area contributed by atoms with E-state index in [-0.39, 0.29) is 12.2 Å². The molecule has 0 spiro atoms. The lowest BCUT2D eigenvalue weighted by atomic mass is 10.2. The van der Waals surface area contributed by atoms with E-state index in [1.54, 1.807) is 6.92 Å². The first-order valence-corrected chi connectivity index (χ1v) is 4.45. The highest BCUT2D eigenvalue weighted by atomic mass is 16.5. The molecule has 0 bridgehead atoms. The average molecular weight is 183 g/mol. The van der Waals surface area contributed by atoms with Crippen LogP contribution in [0.5, 0.6) is 0 Å². The summed E-state index contributed by atoms with van der Waals surface area (Å²) in [5.74, 6) is 1.23. The number of hydrogen-bond donors (Lipinski definition) is 1. The predicted molar refractivity (Wildman–Crippen MR) is 44.9 cm³/mol. The SMILES string of the molecule is Cc1noc([C@H]2CC[C@H](CN)O2)n1. The summed E-state index contributed by atoms with van der Waals surface area (Å²) < 4.78 is 10.6. The monoisotopic (exact) mass is 183 g/mol. The molecule has 0 aromatic carbocycles. The van der Waals surface area contributed by atoms with E-state index in [0.29, 0.717) is 18.3 Å². The molecule has 1 aliphatic rings. The summed E-state index contributed by atoms with van der Waals surface area (Å²) in [5.41, 5.74) is 5.49. The lowest BCUT2D eigenvalue weighted by Gasteiger charge is -2.07. The van der Waals surface area contributed by atoms with E-state index in [0.717, 1.165) is 12.8 Å². The van der Waals surface area contributed by atoms with Crippen molar-refractivity contribution < 1.29 is 9.26 Å². The van der Waals surface area contributed by atoms with Crippen LogP contribution in [0.3, 0.4) is 0 Å². The van der Waals surface area contributed by atoms with E-state index in [1.807, 2.05) is 0 Å². The van der Waals surface area contributed by atoms with Gasteiger partial charge in [0.1, 0.15) is 6.10 Å². The maximum atomic E-state index is 5.59. The molecule has 1 aromatic rings. The second-order valence-corrected chi connectivity index (χ2v) is 3.24. The molecule has 0 saturated carbocycles. The van der Waals surface area contributed by atoms with Gasteiger partial charge in [0.2, 0.25) is 0 Å². The topological polar surface area (TPSA) is 74.2 Å². The zero-order chi connectivity index (χ0) is 9.26. The van der Waals surface area contributed by atoms with Crippen LogP contribution in [-0.2, 0) is 4.74 Å². The molecule has 1 aliphatic heterocycles. The summed E-state index contributed by atoms with van der Waals surface area (Å²) in [5, 5.41) is 3.71. The van der Waals surface area contributed by atoms with Gasteiger partial charge in [-0.1, -0.05) is 5.16 Å². The Morgan fingerprint density at radius 3 is 2.92 bits per heavy atom. The standard InChI is InChI=1S/C8H13N3O2/c1-5-10-8(13-11-5)7-3-2-6(4-9)12-7/h6-7H,2-4,9H2,1H3/t6-,7-/m1/s1. The predicted octanol–water partition coefficient (Wildman–Crippen LogP) is 0.557. The first kappa shape index (κ1) is 8.65. The number of rotatable bonds is 2. The maximum Gasteiger partial charge on any atom is 0.255 e. The van der Waals surface area contributed by atoms with Crippen molar-refractivity contribution in [3.63, 3.8) is 0 Å². The van der Waals surface area contributed by atoms with Gasteiger partial charge in [-0.2, -0.15) is 4.98 Å². The van der Waals surface area contributed by atoms with E-state index in [4.69, 9.17) is 15.0 Å². The van der Waals surface area contributed by atoms with Gasteiger partial charge in [-0.3, -0.25) is 0 Å². The lowest BCUT2D eigenvalue weighted by molar-refractivity contribution is 0.0307. The number of aryl methyl sites for hydroxylation is 1. The molecule has 2 N–H and O–H groups in total. The summed E-state index contributed by atoms with van der Waals surface area (Å²) in [6, 6.07) is 0. The molecule has 72 valence electrons. The Balaban J connectivity index is 2.03. The highest BCUT2D eigenvalue weighted by Gasteiger charge is 2.29. The molecule has 5 nitrogen and oxygen atoms in total. The molecule has 13 heavy (non-hydrogen) atoms. The third kappa shape index (κ3) is 1.71. The van der Waals surface area contributed by atoms with Gasteiger partial charge in [0.05, 0.1) is 6.10 Å². The van der Waals surface area contributed by atoms with Crippen molar-refractivity contribution in [3.05, 3.63) is 11.7 Å². The first-order chi connectivity index (χ1) is 6.29. The van der Waals surface area contributed by atoms with Crippen LogP contribution in [0.15, 0.2) is 4.52 Å². The Kier molecular flexibility index (Phi) is 2.28. The van der Waals surface area contributed by atoms with E-state index >= 15 is 0 Å². The van der Waals surface area contributed by atoms with Crippen LogP contribution in [0, 0.1) is 6.92 Å². The molecule has 0 aliphatic carbocycles. The molecule has 0 amide bonds. The van der Waals surface area contributed by atoms with Crippen molar-refractivity contribution in [2.45, 2.75) is 32.0 Å². The van der Waals surface area contributed by atoms with Gasteiger partial charge >= 0.3 is 0 Å². The summed E-state index contributed by atoms with van der Waals surface area (Å²) in [6.45, 7) is 2.35. The Morgan fingerprint density at radius 2 is 2.38 bits per heavy atom. The molecular formula is C8H13N3O2. The van der Waals surface area contributed by atoms with Crippen molar-refractivity contribution in [2.75, 3.05) is 6.54 Å². The van der Waals surface area contributed by atoms with Crippen molar-refractivity contribution in [1.29, 1.82) is 0 Å². The minimum absolute atomic E-state index is 0.0465. The van der Waals surface area contributed by atoms with Crippen LogP contribution >= 0.6 is 0 Å². The zero-order valence-electron chi connectivity index (χ0n) is 7.56. The van der Waals surface area contributed by atoms with E-state index in [1.165, 1.54) is 0 Å². The van der Waals surface area contributed by atoms with E-state index < -0.39 is 0 Å². The minimum Gasteiger partial charge on any atom is -0.364 e. The van der Waals surface area contributed by atoms with Gasteiger partial charge in [-0.05, 0) is 19.8 Å². The van der Waals surface area contributed by atoms with Crippen LogP contribution in [0.2, 0.25) is 0 Å². The average Bonchev–Trinajstić information content (AvgIpc) is 2.71. The smallest absolute Gasteiger partial charge is 0.255 e. The quantitative estimate of drug-likeness (QED) is 0.725. The fourth-order valence-corrected chi connectivity index (χ4v) is 1.50. The van der Waals surface area contributed by atoms with Crippen LogP contribution in [0.1, 0.15) is 30.7 Å². The number of hydrogen-bond acceptors (Lipinski definition) is 5. The molecule has 1 aromatic heterocycles. The van der Waals surface area contributed by atoms with Crippen LogP contribution < -0.4 is 5.73 Å². The van der Waals surface area contributed by atoms with Gasteiger partial charge in [0.25, 0.3) is 5.89 Å². The third-order valence-electron chi connectivity index (χ3n) is 2.19. The molecule has 2 atom stereocenters. The fraction of sp³-hybridized carbons (Fsp3) is 0.750. The molecule has 5 heteroatoms. The molecule has 0 unspecified atom stereocenters. The number of nitrogens with zero attached hydrogens (tertiary/aromatic N) is 2. The molecule has 2 heterocycles. The molecule has 2 rings (SSSR count). The Morgan fingerprint density at radius 1 is 1.54 bits per heavy atom. The highest BCUT2D eigenvalue weighted by Crippen LogP contribution is 2.30. The minimum atomic E-state index is -0.0465. The number of nitrogens with two attached hydrogens (primary N) is 1. The molecular weight excluding hydrogens is 170 g/mol. The van der Waals surface area contributed by atoms with Gasteiger partial charge in [-0.15, -0.1) is 0 Å². The second kappa shape index (κ2) is 3.43. The van der Waals surface area contributed by atoms with Gasteiger partial charge < -0.3 is 15.0 Å². The summed E-state index contributed by atoms with van der Waals surface area (Å²) >= 11 is 0. The first-order valence-electron chi connectivity index (χ1n) is 4.45. The third-order valence-corrected chi connectivity index (χ3v) is 2.19.